The van der Waals surface area contributed by atoms with Crippen LogP contribution in [-0.4, -0.2) is 43.0 Å². The van der Waals surface area contributed by atoms with E-state index in [9.17, 15) is 4.79 Å². The van der Waals surface area contributed by atoms with Crippen LogP contribution in [0.5, 0.6) is 0 Å². The van der Waals surface area contributed by atoms with Crippen LogP contribution in [0.3, 0.4) is 0 Å². The van der Waals surface area contributed by atoms with E-state index in [4.69, 9.17) is 0 Å². The minimum absolute atomic E-state index is 0.0733. The molecule has 1 fully saturated rings. The molecule has 6 nitrogen and oxygen atoms in total. The van der Waals surface area contributed by atoms with Crippen LogP contribution in [0.25, 0.3) is 0 Å². The van der Waals surface area contributed by atoms with E-state index in [1.54, 1.807) is 0 Å². The van der Waals surface area contributed by atoms with Gasteiger partial charge >= 0.3 is 0 Å². The molecule has 0 radical (unpaired) electrons. The molecule has 1 amide bonds. The van der Waals surface area contributed by atoms with Crippen LogP contribution in [0.15, 0.2) is 12.4 Å². The first-order valence-corrected chi connectivity index (χ1v) is 9.02. The molecule has 1 aliphatic heterocycles. The van der Waals surface area contributed by atoms with Crippen molar-refractivity contribution in [3.63, 3.8) is 0 Å². The monoisotopic (exact) mass is 333 g/mol. The van der Waals surface area contributed by atoms with E-state index in [2.05, 4.69) is 33.0 Å². The Balaban J connectivity index is 1.78. The first-order chi connectivity index (χ1) is 11.1. The van der Waals surface area contributed by atoms with Crippen LogP contribution >= 0.6 is 11.5 Å². The number of hydrogen-bond donors (Lipinski definition) is 0. The molecule has 0 N–H and O–H groups in total. The van der Waals surface area contributed by atoms with Gasteiger partial charge in [-0.2, -0.15) is 0 Å². The molecule has 7 heteroatoms. The van der Waals surface area contributed by atoms with Crippen molar-refractivity contribution in [2.45, 2.75) is 52.0 Å². The van der Waals surface area contributed by atoms with Gasteiger partial charge in [0.1, 0.15) is 10.7 Å². The summed E-state index contributed by atoms with van der Waals surface area (Å²) >= 11 is 1.21. The normalized spacial score (nSPS) is 18.6. The Morgan fingerprint density at radius 3 is 3.04 bits per heavy atom. The number of aromatic nitrogens is 4. The lowest BCUT2D eigenvalue weighted by Crippen LogP contribution is -2.39. The molecule has 1 aliphatic rings. The highest BCUT2D eigenvalue weighted by Gasteiger charge is 2.30. The van der Waals surface area contributed by atoms with Crippen LogP contribution in [-0.2, 0) is 6.42 Å². The van der Waals surface area contributed by atoms with Gasteiger partial charge in [-0.3, -0.25) is 4.79 Å². The number of hydrogen-bond acceptors (Lipinski definition) is 5. The number of piperidine rings is 1. The summed E-state index contributed by atoms with van der Waals surface area (Å²) < 4.78 is 6.16. The first-order valence-electron chi connectivity index (χ1n) is 8.25. The standard InChI is InChI=1S/C16H23N5OS/c1-4-13-14(23-19-18-13)16(22)20-8-5-6-12(10-20)15-17-7-9-21(15)11(2)3/h7,9,11-12H,4-6,8,10H2,1-3H3/t12-/m0/s1. The Bertz CT molecular complexity index is 678. The predicted octanol–water partition coefficient (Wildman–Crippen LogP) is 2.90. The van der Waals surface area contributed by atoms with E-state index in [-0.39, 0.29) is 5.91 Å². The van der Waals surface area contributed by atoms with Crippen LogP contribution in [0, 0.1) is 0 Å². The van der Waals surface area contributed by atoms with Crippen molar-refractivity contribution >= 4 is 17.4 Å². The fourth-order valence-corrected chi connectivity index (χ4v) is 3.91. The zero-order valence-corrected chi connectivity index (χ0v) is 14.7. The topological polar surface area (TPSA) is 63.9 Å². The lowest BCUT2D eigenvalue weighted by atomic mass is 9.96. The first kappa shape index (κ1) is 16.1. The molecule has 0 unspecified atom stereocenters. The smallest absolute Gasteiger partial charge is 0.267 e. The van der Waals surface area contributed by atoms with E-state index in [0.29, 0.717) is 16.8 Å². The Hall–Kier alpha value is -1.76. The van der Waals surface area contributed by atoms with Gasteiger partial charge in [0.25, 0.3) is 5.91 Å². The second kappa shape index (κ2) is 6.78. The van der Waals surface area contributed by atoms with Gasteiger partial charge < -0.3 is 9.47 Å². The maximum atomic E-state index is 12.8. The zero-order chi connectivity index (χ0) is 16.4. The summed E-state index contributed by atoms with van der Waals surface area (Å²) in [6, 6.07) is 0.385. The van der Waals surface area contributed by atoms with Crippen molar-refractivity contribution in [3.05, 3.63) is 28.8 Å². The quantitative estimate of drug-likeness (QED) is 0.863. The number of likely N-dealkylation sites (tertiary alicyclic amines) is 1. The summed E-state index contributed by atoms with van der Waals surface area (Å²) in [7, 11) is 0. The molecule has 3 heterocycles. The number of nitrogens with zero attached hydrogens (tertiary/aromatic N) is 5. The summed E-state index contributed by atoms with van der Waals surface area (Å²) in [6.45, 7) is 7.86. The molecular formula is C16H23N5OS. The minimum Gasteiger partial charge on any atom is -0.337 e. The van der Waals surface area contributed by atoms with Gasteiger partial charge in [-0.1, -0.05) is 11.4 Å². The van der Waals surface area contributed by atoms with E-state index in [1.807, 2.05) is 24.2 Å². The third-order valence-electron chi connectivity index (χ3n) is 4.41. The summed E-state index contributed by atoms with van der Waals surface area (Å²) in [4.78, 5) is 20.0. The molecule has 1 atom stereocenters. The van der Waals surface area contributed by atoms with Gasteiger partial charge in [0.05, 0.1) is 5.69 Å². The Kier molecular flexibility index (Phi) is 4.75. The van der Waals surface area contributed by atoms with Crippen molar-refractivity contribution in [1.82, 2.24) is 24.0 Å². The summed E-state index contributed by atoms with van der Waals surface area (Å²) in [5.41, 5.74) is 0.811. The average Bonchev–Trinajstić information content (AvgIpc) is 3.23. The molecule has 2 aromatic rings. The molecule has 2 aromatic heterocycles. The molecular weight excluding hydrogens is 310 g/mol. The maximum Gasteiger partial charge on any atom is 0.267 e. The number of rotatable bonds is 4. The van der Waals surface area contributed by atoms with Crippen LogP contribution in [0.1, 0.15) is 66.8 Å². The van der Waals surface area contributed by atoms with Crippen molar-refractivity contribution in [2.24, 2.45) is 0 Å². The molecule has 3 rings (SSSR count). The lowest BCUT2D eigenvalue weighted by Gasteiger charge is -2.33. The lowest BCUT2D eigenvalue weighted by molar-refractivity contribution is 0.0706. The van der Waals surface area contributed by atoms with E-state index in [0.717, 1.165) is 43.9 Å². The molecule has 124 valence electrons. The van der Waals surface area contributed by atoms with Crippen molar-refractivity contribution in [3.8, 4) is 0 Å². The second-order valence-corrected chi connectivity index (χ2v) is 7.03. The Morgan fingerprint density at radius 2 is 2.30 bits per heavy atom. The molecule has 0 aromatic carbocycles. The van der Waals surface area contributed by atoms with Crippen LogP contribution in [0.2, 0.25) is 0 Å². The fourth-order valence-electron chi connectivity index (χ4n) is 3.20. The van der Waals surface area contributed by atoms with Gasteiger partial charge in [0.15, 0.2) is 0 Å². The molecule has 23 heavy (non-hydrogen) atoms. The third kappa shape index (κ3) is 3.15. The summed E-state index contributed by atoms with van der Waals surface area (Å²) in [5, 5.41) is 4.06. The number of amides is 1. The molecule has 0 bridgehead atoms. The van der Waals surface area contributed by atoms with Gasteiger partial charge in [0, 0.05) is 37.4 Å². The number of imidazole rings is 1. The minimum atomic E-state index is 0.0733. The van der Waals surface area contributed by atoms with Crippen molar-refractivity contribution in [2.75, 3.05) is 13.1 Å². The molecule has 0 saturated carbocycles. The summed E-state index contributed by atoms with van der Waals surface area (Å²) in [5.74, 6) is 1.47. The molecule has 0 spiro atoms. The SMILES string of the molecule is CCc1nnsc1C(=O)N1CCC[C@H](c2nccn2C(C)C)C1. The number of carbonyl (C=O) groups is 1. The Labute approximate surface area is 140 Å². The van der Waals surface area contributed by atoms with Crippen molar-refractivity contribution in [1.29, 1.82) is 0 Å². The highest BCUT2D eigenvalue weighted by atomic mass is 32.1. The van der Waals surface area contributed by atoms with E-state index in [1.165, 1.54) is 11.5 Å². The molecule has 1 saturated heterocycles. The van der Waals surface area contributed by atoms with Gasteiger partial charge in [-0.15, -0.1) is 5.10 Å². The number of aryl methyl sites for hydroxylation is 1. The van der Waals surface area contributed by atoms with E-state index >= 15 is 0 Å². The van der Waals surface area contributed by atoms with Crippen molar-refractivity contribution < 1.29 is 4.79 Å². The zero-order valence-electron chi connectivity index (χ0n) is 13.9. The van der Waals surface area contributed by atoms with Gasteiger partial charge in [-0.05, 0) is 44.6 Å². The fraction of sp³-hybridized carbons (Fsp3) is 0.625. The second-order valence-electron chi connectivity index (χ2n) is 6.28. The van der Waals surface area contributed by atoms with Crippen LogP contribution in [0.4, 0.5) is 0 Å². The largest absolute Gasteiger partial charge is 0.337 e. The Morgan fingerprint density at radius 1 is 1.48 bits per heavy atom. The van der Waals surface area contributed by atoms with Crippen LogP contribution < -0.4 is 0 Å². The highest BCUT2D eigenvalue weighted by Crippen LogP contribution is 2.29. The van der Waals surface area contributed by atoms with Gasteiger partial charge in [-0.25, -0.2) is 4.98 Å². The summed E-state index contributed by atoms with van der Waals surface area (Å²) in [6.07, 6.45) is 6.72. The predicted molar refractivity (Wildman–Crippen MR) is 89.8 cm³/mol. The average molecular weight is 333 g/mol. The highest BCUT2D eigenvalue weighted by molar-refractivity contribution is 7.08. The van der Waals surface area contributed by atoms with E-state index < -0.39 is 0 Å². The van der Waals surface area contributed by atoms with Gasteiger partial charge in [0.2, 0.25) is 0 Å². The number of carbonyl (C=O) groups excluding carboxylic acids is 1. The third-order valence-corrected chi connectivity index (χ3v) is 5.17. The molecule has 0 aliphatic carbocycles. The maximum absolute atomic E-state index is 12.8.